The van der Waals surface area contributed by atoms with Crippen molar-refractivity contribution in [2.75, 3.05) is 26.0 Å². The summed E-state index contributed by atoms with van der Waals surface area (Å²) in [5.41, 5.74) is -1.15. The van der Waals surface area contributed by atoms with Crippen LogP contribution in [0.1, 0.15) is 29.3 Å². The maximum atomic E-state index is 12.9. The molecule has 21 heavy (non-hydrogen) atoms. The Morgan fingerprint density at radius 1 is 1.43 bits per heavy atom. The third kappa shape index (κ3) is 4.35. The number of benzene rings is 1. The molecule has 0 aromatic heterocycles. The zero-order valence-corrected chi connectivity index (χ0v) is 12.2. The molecule has 1 atom stereocenters. The van der Waals surface area contributed by atoms with Crippen molar-refractivity contribution in [2.45, 2.75) is 25.6 Å². The van der Waals surface area contributed by atoms with E-state index in [0.717, 1.165) is 6.07 Å². The number of para-hydroxylation sites is 1. The van der Waals surface area contributed by atoms with Crippen LogP contribution in [0.5, 0.6) is 0 Å². The molecule has 0 aliphatic heterocycles. The second-order valence-electron chi connectivity index (χ2n) is 4.84. The largest absolute Gasteiger partial charge is 0.418 e. The Bertz CT molecular complexity index is 501. The summed E-state index contributed by atoms with van der Waals surface area (Å²) in [6.45, 7) is 1.84. The number of amides is 1. The number of carbonyl (C=O) groups excluding carboxylic acids is 1. The van der Waals surface area contributed by atoms with E-state index in [1.807, 2.05) is 0 Å². The second kappa shape index (κ2) is 6.80. The van der Waals surface area contributed by atoms with Gasteiger partial charge in [-0.2, -0.15) is 13.2 Å². The fourth-order valence-corrected chi connectivity index (χ4v) is 1.92. The molecule has 2 N–H and O–H groups in total. The molecule has 4 nitrogen and oxygen atoms in total. The number of anilines is 1. The number of carbonyl (C=O) groups is 1. The molecule has 0 saturated carbocycles. The third-order valence-electron chi connectivity index (χ3n) is 3.08. The van der Waals surface area contributed by atoms with Crippen molar-refractivity contribution in [2.24, 2.45) is 0 Å². The molecule has 0 saturated heterocycles. The normalized spacial score (nSPS) is 12.9. The van der Waals surface area contributed by atoms with E-state index >= 15 is 0 Å². The minimum atomic E-state index is -4.53. The van der Waals surface area contributed by atoms with Gasteiger partial charge in [-0.15, -0.1) is 0 Å². The molecule has 0 spiro atoms. The molecule has 1 amide bonds. The minimum absolute atomic E-state index is 0.0413. The summed E-state index contributed by atoms with van der Waals surface area (Å²) in [4.78, 5) is 13.5. The van der Waals surface area contributed by atoms with Gasteiger partial charge in [0.15, 0.2) is 0 Å². The summed E-state index contributed by atoms with van der Waals surface area (Å²) in [5, 5.41) is 11.7. The zero-order valence-electron chi connectivity index (χ0n) is 12.2. The summed E-state index contributed by atoms with van der Waals surface area (Å²) in [6, 6.07) is 3.49. The topological polar surface area (TPSA) is 52.6 Å². The molecule has 0 heterocycles. The van der Waals surface area contributed by atoms with Crippen molar-refractivity contribution in [3.8, 4) is 0 Å². The average Bonchev–Trinajstić information content (AvgIpc) is 2.41. The summed E-state index contributed by atoms with van der Waals surface area (Å²) in [7, 11) is 2.83. The molecule has 1 rings (SSSR count). The molecule has 7 heteroatoms. The molecule has 0 fully saturated rings. The van der Waals surface area contributed by atoms with Gasteiger partial charge >= 0.3 is 6.18 Å². The zero-order chi connectivity index (χ0) is 16.2. The Morgan fingerprint density at radius 2 is 2.05 bits per heavy atom. The van der Waals surface area contributed by atoms with Crippen molar-refractivity contribution < 1.29 is 23.1 Å². The van der Waals surface area contributed by atoms with E-state index in [9.17, 15) is 23.1 Å². The SMILES string of the molecule is CNc1c(C(=O)N(C)CCC(C)O)cccc1C(F)(F)F. The van der Waals surface area contributed by atoms with E-state index in [0.29, 0.717) is 6.42 Å². The van der Waals surface area contributed by atoms with Crippen LogP contribution in [0, 0.1) is 0 Å². The molecule has 0 radical (unpaired) electrons. The van der Waals surface area contributed by atoms with E-state index in [1.54, 1.807) is 6.92 Å². The lowest BCUT2D eigenvalue weighted by Gasteiger charge is -2.21. The van der Waals surface area contributed by atoms with Crippen molar-refractivity contribution in [1.82, 2.24) is 4.90 Å². The van der Waals surface area contributed by atoms with Crippen LogP contribution in [0.2, 0.25) is 0 Å². The van der Waals surface area contributed by atoms with Crippen molar-refractivity contribution in [3.63, 3.8) is 0 Å². The number of aliphatic hydroxyl groups is 1. The van der Waals surface area contributed by atoms with Crippen molar-refractivity contribution in [1.29, 1.82) is 0 Å². The summed E-state index contributed by atoms with van der Waals surface area (Å²) < 4.78 is 38.8. The molecule has 0 aliphatic carbocycles. The van der Waals surface area contributed by atoms with E-state index in [4.69, 9.17) is 0 Å². The minimum Gasteiger partial charge on any atom is -0.393 e. The molecule has 118 valence electrons. The predicted molar refractivity (Wildman–Crippen MR) is 74.2 cm³/mol. The van der Waals surface area contributed by atoms with Gasteiger partial charge in [-0.05, 0) is 25.5 Å². The van der Waals surface area contributed by atoms with E-state index in [-0.39, 0.29) is 17.8 Å². The second-order valence-corrected chi connectivity index (χ2v) is 4.84. The Labute approximate surface area is 121 Å². The third-order valence-corrected chi connectivity index (χ3v) is 3.08. The summed E-state index contributed by atoms with van der Waals surface area (Å²) in [6.07, 6.45) is -4.76. The molecule has 0 aliphatic rings. The smallest absolute Gasteiger partial charge is 0.393 e. The van der Waals surface area contributed by atoms with Gasteiger partial charge in [0.2, 0.25) is 0 Å². The Morgan fingerprint density at radius 3 is 2.52 bits per heavy atom. The van der Waals surface area contributed by atoms with Crippen molar-refractivity contribution in [3.05, 3.63) is 29.3 Å². The van der Waals surface area contributed by atoms with Gasteiger partial charge in [-0.25, -0.2) is 0 Å². The van der Waals surface area contributed by atoms with E-state index < -0.39 is 23.8 Å². The van der Waals surface area contributed by atoms with Crippen LogP contribution in [-0.2, 0) is 6.18 Å². The number of nitrogens with zero attached hydrogens (tertiary/aromatic N) is 1. The van der Waals surface area contributed by atoms with Gasteiger partial charge in [-0.1, -0.05) is 6.07 Å². The average molecular weight is 304 g/mol. The molecular weight excluding hydrogens is 285 g/mol. The van der Waals surface area contributed by atoms with Crippen LogP contribution in [0.4, 0.5) is 18.9 Å². The number of hydrogen-bond donors (Lipinski definition) is 2. The number of aliphatic hydroxyl groups excluding tert-OH is 1. The van der Waals surface area contributed by atoms with Gasteiger partial charge in [-0.3, -0.25) is 4.79 Å². The fraction of sp³-hybridized carbons (Fsp3) is 0.500. The standard InChI is InChI=1S/C14H19F3N2O2/c1-9(20)7-8-19(3)13(21)10-5-4-6-11(12(10)18-2)14(15,16)17/h4-6,9,18,20H,7-8H2,1-3H3. The van der Waals surface area contributed by atoms with Crippen LogP contribution in [0.25, 0.3) is 0 Å². The highest BCUT2D eigenvalue weighted by molar-refractivity contribution is 6.00. The first-order valence-corrected chi connectivity index (χ1v) is 6.50. The Balaban J connectivity index is 3.10. The maximum Gasteiger partial charge on any atom is 0.418 e. The van der Waals surface area contributed by atoms with Crippen molar-refractivity contribution >= 4 is 11.6 Å². The molecule has 1 unspecified atom stereocenters. The number of rotatable bonds is 5. The van der Waals surface area contributed by atoms with Gasteiger partial charge in [0.25, 0.3) is 5.91 Å². The summed E-state index contributed by atoms with van der Waals surface area (Å²) >= 11 is 0. The van der Waals surface area contributed by atoms with Crippen LogP contribution in [0.15, 0.2) is 18.2 Å². The molecule has 1 aromatic carbocycles. The monoisotopic (exact) mass is 304 g/mol. The lowest BCUT2D eigenvalue weighted by atomic mass is 10.1. The van der Waals surface area contributed by atoms with Gasteiger partial charge in [0, 0.05) is 20.6 Å². The first-order valence-electron chi connectivity index (χ1n) is 6.50. The van der Waals surface area contributed by atoms with Crippen LogP contribution in [0.3, 0.4) is 0 Å². The van der Waals surface area contributed by atoms with Crippen LogP contribution >= 0.6 is 0 Å². The fourth-order valence-electron chi connectivity index (χ4n) is 1.92. The first kappa shape index (κ1) is 17.3. The lowest BCUT2D eigenvalue weighted by molar-refractivity contribution is -0.136. The Hall–Kier alpha value is -1.76. The number of halogens is 3. The van der Waals surface area contributed by atoms with E-state index in [2.05, 4.69) is 5.32 Å². The number of nitrogens with one attached hydrogen (secondary N) is 1. The van der Waals surface area contributed by atoms with Gasteiger partial charge in [0.1, 0.15) is 0 Å². The molecule has 1 aromatic rings. The maximum absolute atomic E-state index is 12.9. The predicted octanol–water partition coefficient (Wildman–Crippen LogP) is 2.59. The van der Waals surface area contributed by atoms with Crippen LogP contribution < -0.4 is 5.32 Å². The molecular formula is C14H19F3N2O2. The molecule has 0 bridgehead atoms. The Kier molecular flexibility index (Phi) is 5.60. The lowest BCUT2D eigenvalue weighted by Crippen LogP contribution is -2.30. The number of alkyl halides is 3. The van der Waals surface area contributed by atoms with Crippen LogP contribution in [-0.4, -0.2) is 42.7 Å². The summed E-state index contributed by atoms with van der Waals surface area (Å²) in [5.74, 6) is -0.522. The highest BCUT2D eigenvalue weighted by Crippen LogP contribution is 2.36. The quantitative estimate of drug-likeness (QED) is 0.879. The highest BCUT2D eigenvalue weighted by atomic mass is 19.4. The van der Waals surface area contributed by atoms with Gasteiger partial charge in [0.05, 0.1) is 22.9 Å². The van der Waals surface area contributed by atoms with Gasteiger partial charge < -0.3 is 15.3 Å². The van der Waals surface area contributed by atoms with E-state index in [1.165, 1.54) is 31.1 Å². The highest BCUT2D eigenvalue weighted by Gasteiger charge is 2.35. The first-order chi connectivity index (χ1) is 9.68. The number of hydrogen-bond acceptors (Lipinski definition) is 3.